The van der Waals surface area contributed by atoms with Gasteiger partial charge < -0.3 is 10.6 Å². The maximum absolute atomic E-state index is 12.7. The molecule has 11 heteroatoms. The zero-order valence-electron chi connectivity index (χ0n) is 14.6. The van der Waals surface area contributed by atoms with E-state index in [9.17, 15) is 13.6 Å². The number of rotatable bonds is 6. The lowest BCUT2D eigenvalue weighted by Crippen LogP contribution is -2.26. The van der Waals surface area contributed by atoms with Crippen LogP contribution < -0.4 is 16.3 Å². The molecule has 2 N–H and O–H groups in total. The molecule has 0 saturated heterocycles. The van der Waals surface area contributed by atoms with Gasteiger partial charge in [-0.15, -0.1) is 11.3 Å². The molecule has 0 spiro atoms. The highest BCUT2D eigenvalue weighted by molar-refractivity contribution is 7.13. The summed E-state index contributed by atoms with van der Waals surface area (Å²) in [6.07, 6.45) is -0.172. The largest absolute Gasteiger partial charge is 0.369 e. The molecule has 0 aliphatic carbocycles. The summed E-state index contributed by atoms with van der Waals surface area (Å²) >= 11 is 1.29. The molecule has 0 aromatic carbocycles. The number of nitrogens with two attached hydrogens (primary N) is 1. The first-order valence-corrected chi connectivity index (χ1v) is 8.77. The molecule has 0 radical (unpaired) electrons. The number of nitrogens with zero attached hydrogens (tertiary/aromatic N) is 6. The van der Waals surface area contributed by atoms with Crippen molar-refractivity contribution in [1.82, 2.24) is 24.8 Å². The number of halogens is 2. The first-order chi connectivity index (χ1) is 12.9. The minimum Gasteiger partial charge on any atom is -0.363 e. The average Bonchev–Trinajstić information content (AvgIpc) is 3.26. The Kier molecular flexibility index (Phi) is 5.42. The molecular weight excluding hydrogens is 376 g/mol. The van der Waals surface area contributed by atoms with Crippen LogP contribution in [0, 0.1) is 0 Å². The van der Waals surface area contributed by atoms with Crippen LogP contribution in [0.3, 0.4) is 0 Å². The Morgan fingerprint density at radius 2 is 2.04 bits per heavy atom. The van der Waals surface area contributed by atoms with E-state index in [0.29, 0.717) is 5.00 Å². The third-order valence-electron chi connectivity index (χ3n) is 3.83. The highest BCUT2D eigenvalue weighted by atomic mass is 32.1. The zero-order chi connectivity index (χ0) is 19.6. The van der Waals surface area contributed by atoms with E-state index in [1.807, 2.05) is 36.5 Å². The first-order valence-electron chi connectivity index (χ1n) is 7.89. The Bertz CT molecular complexity index is 1020. The summed E-state index contributed by atoms with van der Waals surface area (Å²) in [5.41, 5.74) is 6.05. The molecule has 142 valence electrons. The van der Waals surface area contributed by atoms with Gasteiger partial charge in [-0.3, -0.25) is 0 Å². The molecule has 0 bridgehead atoms. The molecular formula is C16H17F2N7OS. The van der Waals surface area contributed by atoms with Crippen molar-refractivity contribution in [3.8, 4) is 16.1 Å². The Morgan fingerprint density at radius 1 is 1.26 bits per heavy atom. The fraction of sp³-hybridized carbons (Fsp3) is 0.250. The van der Waals surface area contributed by atoms with Crippen LogP contribution in [-0.4, -0.2) is 45.4 Å². The second-order valence-electron chi connectivity index (χ2n) is 5.87. The molecule has 0 amide bonds. The Balaban J connectivity index is 1.87. The molecule has 27 heavy (non-hydrogen) atoms. The topological polar surface area (TPSA) is 94.9 Å². The van der Waals surface area contributed by atoms with Gasteiger partial charge in [-0.2, -0.15) is 18.1 Å². The summed E-state index contributed by atoms with van der Waals surface area (Å²) in [5, 5.41) is 9.82. The summed E-state index contributed by atoms with van der Waals surface area (Å²) in [6, 6.07) is 5.59. The molecule has 3 aromatic rings. The predicted octanol–water partition coefficient (Wildman–Crippen LogP) is 1.73. The second-order valence-corrected chi connectivity index (χ2v) is 6.76. The van der Waals surface area contributed by atoms with Crippen molar-refractivity contribution in [2.75, 3.05) is 25.5 Å². The number of hydrogen-bond acceptors (Lipinski definition) is 7. The maximum atomic E-state index is 12.7. The van der Waals surface area contributed by atoms with E-state index in [-0.39, 0.29) is 12.1 Å². The van der Waals surface area contributed by atoms with Crippen LogP contribution in [0.4, 0.5) is 14.6 Å². The molecule has 0 aliphatic heterocycles. The smallest absolute Gasteiger partial charge is 0.363 e. The SMILES string of the molecule is CN(C)c1ccc(-c2csc(-n3nnn(CC(CN)=C(F)F)c3=O)c2)cn1. The Labute approximate surface area is 157 Å². The van der Waals surface area contributed by atoms with E-state index in [1.165, 1.54) is 11.3 Å². The first kappa shape index (κ1) is 18.9. The van der Waals surface area contributed by atoms with Gasteiger partial charge >= 0.3 is 5.69 Å². The minimum atomic E-state index is -1.91. The average molecular weight is 393 g/mol. The molecule has 0 saturated carbocycles. The molecule has 8 nitrogen and oxygen atoms in total. The van der Waals surface area contributed by atoms with Gasteiger partial charge in [-0.05, 0) is 34.2 Å². The Hall–Kier alpha value is -2.92. The number of anilines is 1. The summed E-state index contributed by atoms with van der Waals surface area (Å²) in [5.74, 6) is 0.831. The van der Waals surface area contributed by atoms with E-state index in [4.69, 9.17) is 5.73 Å². The number of pyridine rings is 1. The second kappa shape index (κ2) is 7.76. The van der Waals surface area contributed by atoms with Gasteiger partial charge in [0, 0.05) is 43.4 Å². The van der Waals surface area contributed by atoms with Crippen molar-refractivity contribution in [3.63, 3.8) is 0 Å². The quantitative estimate of drug-likeness (QED) is 0.685. The lowest BCUT2D eigenvalue weighted by atomic mass is 10.1. The van der Waals surface area contributed by atoms with Crippen LogP contribution >= 0.6 is 11.3 Å². The fourth-order valence-electron chi connectivity index (χ4n) is 2.30. The highest BCUT2D eigenvalue weighted by Gasteiger charge is 2.14. The summed E-state index contributed by atoms with van der Waals surface area (Å²) < 4.78 is 27.4. The van der Waals surface area contributed by atoms with Crippen LogP contribution in [0.2, 0.25) is 0 Å². The van der Waals surface area contributed by atoms with E-state index >= 15 is 0 Å². The third kappa shape index (κ3) is 3.93. The zero-order valence-corrected chi connectivity index (χ0v) is 15.5. The standard InChI is InChI=1S/C16H17F2N7OS/c1-23(2)13-4-3-10(7-20-13)11-5-14(27-9-11)25-16(26)24(21-22-25)8-12(6-19)15(17)18/h3-5,7,9H,6,8,19H2,1-2H3. The molecule has 0 atom stereocenters. The van der Waals surface area contributed by atoms with Gasteiger partial charge in [0.15, 0.2) is 0 Å². The Morgan fingerprint density at radius 3 is 2.63 bits per heavy atom. The number of aromatic nitrogens is 5. The van der Waals surface area contributed by atoms with Crippen LogP contribution in [-0.2, 0) is 6.54 Å². The lowest BCUT2D eigenvalue weighted by molar-refractivity contribution is 0.400. The summed E-state index contributed by atoms with van der Waals surface area (Å²) in [6.45, 7) is -0.757. The summed E-state index contributed by atoms with van der Waals surface area (Å²) in [4.78, 5) is 18.6. The molecule has 0 unspecified atom stereocenters. The lowest BCUT2D eigenvalue weighted by Gasteiger charge is -2.10. The summed E-state index contributed by atoms with van der Waals surface area (Å²) in [7, 11) is 3.81. The van der Waals surface area contributed by atoms with Crippen LogP contribution in [0.1, 0.15) is 0 Å². The van der Waals surface area contributed by atoms with Gasteiger partial charge in [0.2, 0.25) is 0 Å². The van der Waals surface area contributed by atoms with Crippen molar-refractivity contribution in [2.24, 2.45) is 5.73 Å². The molecule has 0 fully saturated rings. The van der Waals surface area contributed by atoms with Gasteiger partial charge in [0.1, 0.15) is 10.8 Å². The molecule has 3 heterocycles. The fourth-order valence-corrected chi connectivity index (χ4v) is 3.16. The highest BCUT2D eigenvalue weighted by Crippen LogP contribution is 2.27. The van der Waals surface area contributed by atoms with Crippen molar-refractivity contribution in [1.29, 1.82) is 0 Å². The minimum absolute atomic E-state index is 0.358. The third-order valence-corrected chi connectivity index (χ3v) is 4.73. The van der Waals surface area contributed by atoms with Gasteiger partial charge in [0.05, 0.1) is 6.54 Å². The van der Waals surface area contributed by atoms with E-state index in [0.717, 1.165) is 26.3 Å². The van der Waals surface area contributed by atoms with Crippen LogP contribution in [0.25, 0.3) is 16.1 Å². The van der Waals surface area contributed by atoms with Crippen LogP contribution in [0.15, 0.2) is 46.2 Å². The van der Waals surface area contributed by atoms with Crippen LogP contribution in [0.5, 0.6) is 0 Å². The molecule has 3 rings (SSSR count). The van der Waals surface area contributed by atoms with Crippen molar-refractivity contribution in [2.45, 2.75) is 6.54 Å². The number of hydrogen-bond donors (Lipinski definition) is 1. The predicted molar refractivity (Wildman–Crippen MR) is 99.4 cm³/mol. The monoisotopic (exact) mass is 393 g/mol. The molecule has 0 aliphatic rings. The van der Waals surface area contributed by atoms with Gasteiger partial charge in [-0.1, -0.05) is 0 Å². The number of thiophene rings is 1. The maximum Gasteiger partial charge on any atom is 0.369 e. The van der Waals surface area contributed by atoms with Crippen molar-refractivity contribution in [3.05, 3.63) is 51.9 Å². The van der Waals surface area contributed by atoms with Crippen molar-refractivity contribution >= 4 is 17.2 Å². The van der Waals surface area contributed by atoms with E-state index in [1.54, 1.807) is 12.3 Å². The van der Waals surface area contributed by atoms with Gasteiger partial charge in [-0.25, -0.2) is 9.78 Å². The van der Waals surface area contributed by atoms with Crippen molar-refractivity contribution < 1.29 is 8.78 Å². The van der Waals surface area contributed by atoms with E-state index in [2.05, 4.69) is 15.4 Å². The normalized spacial score (nSPS) is 10.9. The number of tetrazole rings is 1. The molecule has 3 aromatic heterocycles. The van der Waals surface area contributed by atoms with E-state index < -0.39 is 18.3 Å². The van der Waals surface area contributed by atoms with Gasteiger partial charge in [0.25, 0.3) is 6.08 Å².